The summed E-state index contributed by atoms with van der Waals surface area (Å²) in [6, 6.07) is 8.00. The van der Waals surface area contributed by atoms with Crippen LogP contribution in [0.2, 0.25) is 0 Å². The van der Waals surface area contributed by atoms with E-state index in [2.05, 4.69) is 22.9 Å². The highest BCUT2D eigenvalue weighted by Gasteiger charge is 2.17. The third-order valence-corrected chi connectivity index (χ3v) is 3.93. The van der Waals surface area contributed by atoms with E-state index in [-0.39, 0.29) is 12.6 Å². The van der Waals surface area contributed by atoms with Gasteiger partial charge in [-0.1, -0.05) is 22.9 Å². The first kappa shape index (κ1) is 15.1. The number of furan rings is 1. The van der Waals surface area contributed by atoms with Gasteiger partial charge in [0.15, 0.2) is 0 Å². The van der Waals surface area contributed by atoms with Crippen molar-refractivity contribution in [3.63, 3.8) is 0 Å². The monoisotopic (exact) mass is 339 g/mol. The molecule has 0 aliphatic heterocycles. The molecule has 0 aliphatic carbocycles. The van der Waals surface area contributed by atoms with Crippen LogP contribution in [0.25, 0.3) is 11.0 Å². The molecule has 0 saturated heterocycles. The van der Waals surface area contributed by atoms with E-state index < -0.39 is 5.97 Å². The number of fused-ring (bicyclic) bond motifs is 1. The fourth-order valence-electron chi connectivity index (χ4n) is 2.15. The standard InChI is InChI=1S/C15H18BrNO3/c1-3-10(2)17(9-15(18)19)8-13-7-11-6-12(16)4-5-14(11)20-13/h4-7,10H,3,8-9H2,1-2H3,(H,18,19). The Morgan fingerprint density at radius 3 is 2.85 bits per heavy atom. The zero-order valence-electron chi connectivity index (χ0n) is 11.6. The second kappa shape index (κ2) is 6.41. The highest BCUT2D eigenvalue weighted by molar-refractivity contribution is 9.10. The second-order valence-corrected chi connectivity index (χ2v) is 5.87. The first-order valence-corrected chi connectivity index (χ1v) is 7.42. The van der Waals surface area contributed by atoms with Gasteiger partial charge in [-0.05, 0) is 37.6 Å². The highest BCUT2D eigenvalue weighted by Crippen LogP contribution is 2.24. The Bertz CT molecular complexity index is 608. The van der Waals surface area contributed by atoms with E-state index in [1.54, 1.807) is 0 Å². The van der Waals surface area contributed by atoms with Gasteiger partial charge >= 0.3 is 5.97 Å². The summed E-state index contributed by atoms with van der Waals surface area (Å²) in [6.45, 7) is 4.61. The van der Waals surface area contributed by atoms with Gasteiger partial charge in [-0.2, -0.15) is 0 Å². The maximum absolute atomic E-state index is 11.0. The molecule has 4 nitrogen and oxygen atoms in total. The molecule has 1 aromatic heterocycles. The van der Waals surface area contributed by atoms with Crippen molar-refractivity contribution in [1.82, 2.24) is 4.90 Å². The lowest BCUT2D eigenvalue weighted by molar-refractivity contribution is -0.139. The number of rotatable bonds is 6. The number of hydrogen-bond donors (Lipinski definition) is 1. The van der Waals surface area contributed by atoms with Gasteiger partial charge in [-0.25, -0.2) is 0 Å². The van der Waals surface area contributed by atoms with E-state index in [9.17, 15) is 4.79 Å². The molecular formula is C15H18BrNO3. The Kier molecular flexibility index (Phi) is 4.83. The molecule has 0 saturated carbocycles. The zero-order valence-corrected chi connectivity index (χ0v) is 13.2. The Morgan fingerprint density at radius 2 is 2.20 bits per heavy atom. The van der Waals surface area contributed by atoms with Crippen LogP contribution in [0, 0.1) is 0 Å². The molecular weight excluding hydrogens is 322 g/mol. The van der Waals surface area contributed by atoms with E-state index >= 15 is 0 Å². The number of benzene rings is 1. The van der Waals surface area contributed by atoms with E-state index in [0.717, 1.165) is 27.6 Å². The van der Waals surface area contributed by atoms with Gasteiger partial charge in [0.1, 0.15) is 11.3 Å². The Balaban J connectivity index is 2.21. The molecule has 1 heterocycles. The van der Waals surface area contributed by atoms with Crippen LogP contribution in [0.3, 0.4) is 0 Å². The van der Waals surface area contributed by atoms with Crippen molar-refractivity contribution in [1.29, 1.82) is 0 Å². The van der Waals surface area contributed by atoms with Crippen LogP contribution in [0.15, 0.2) is 33.2 Å². The topological polar surface area (TPSA) is 53.7 Å². The Labute approximate surface area is 126 Å². The molecule has 0 aliphatic rings. The zero-order chi connectivity index (χ0) is 14.7. The summed E-state index contributed by atoms with van der Waals surface area (Å²) in [5.74, 6) is -0.0243. The average molecular weight is 340 g/mol. The molecule has 0 spiro atoms. The smallest absolute Gasteiger partial charge is 0.317 e. The predicted molar refractivity (Wildman–Crippen MR) is 81.7 cm³/mol. The lowest BCUT2D eigenvalue weighted by Gasteiger charge is -2.25. The number of carboxylic acids is 1. The van der Waals surface area contributed by atoms with Crippen LogP contribution in [-0.4, -0.2) is 28.6 Å². The summed E-state index contributed by atoms with van der Waals surface area (Å²) in [5, 5.41) is 10.0. The SMILES string of the molecule is CCC(C)N(CC(=O)O)Cc1cc2cc(Br)ccc2o1. The van der Waals surface area contributed by atoms with Gasteiger partial charge in [-0.3, -0.25) is 9.69 Å². The average Bonchev–Trinajstić information content (AvgIpc) is 2.77. The van der Waals surface area contributed by atoms with Gasteiger partial charge in [0, 0.05) is 15.9 Å². The highest BCUT2D eigenvalue weighted by atomic mass is 79.9. The van der Waals surface area contributed by atoms with E-state index in [1.165, 1.54) is 0 Å². The van der Waals surface area contributed by atoms with Crippen molar-refractivity contribution in [2.75, 3.05) is 6.54 Å². The van der Waals surface area contributed by atoms with Crippen LogP contribution in [0.4, 0.5) is 0 Å². The molecule has 1 aromatic carbocycles. The van der Waals surface area contributed by atoms with Crippen LogP contribution in [0.5, 0.6) is 0 Å². The number of aliphatic carboxylic acids is 1. The Morgan fingerprint density at radius 1 is 1.45 bits per heavy atom. The predicted octanol–water partition coefficient (Wildman–Crippen LogP) is 3.88. The minimum absolute atomic E-state index is 0.0236. The molecule has 1 N–H and O–H groups in total. The van der Waals surface area contributed by atoms with Gasteiger partial charge in [0.2, 0.25) is 0 Å². The summed E-state index contributed by atoms with van der Waals surface area (Å²) < 4.78 is 6.78. The third-order valence-electron chi connectivity index (χ3n) is 3.44. The lowest BCUT2D eigenvalue weighted by atomic mass is 10.2. The number of nitrogens with zero attached hydrogens (tertiary/aromatic N) is 1. The first-order chi connectivity index (χ1) is 9.49. The maximum Gasteiger partial charge on any atom is 0.317 e. The number of carboxylic acid groups (broad SMARTS) is 1. The summed E-state index contributed by atoms with van der Waals surface area (Å²) in [7, 11) is 0. The van der Waals surface area contributed by atoms with E-state index in [0.29, 0.717) is 6.54 Å². The second-order valence-electron chi connectivity index (χ2n) is 4.95. The van der Waals surface area contributed by atoms with Crippen molar-refractivity contribution in [2.45, 2.75) is 32.9 Å². The molecule has 108 valence electrons. The normalized spacial score (nSPS) is 13.0. The number of halogens is 1. The van der Waals surface area contributed by atoms with Gasteiger partial charge in [-0.15, -0.1) is 0 Å². The molecule has 0 radical (unpaired) electrons. The van der Waals surface area contributed by atoms with E-state index in [4.69, 9.17) is 9.52 Å². The fourth-order valence-corrected chi connectivity index (χ4v) is 2.53. The molecule has 5 heteroatoms. The molecule has 1 atom stereocenters. The van der Waals surface area contributed by atoms with Crippen LogP contribution in [0.1, 0.15) is 26.0 Å². The van der Waals surface area contributed by atoms with Gasteiger partial charge < -0.3 is 9.52 Å². The van der Waals surface area contributed by atoms with Gasteiger partial charge in [0.05, 0.1) is 13.1 Å². The van der Waals surface area contributed by atoms with Crippen molar-refractivity contribution in [3.8, 4) is 0 Å². The largest absolute Gasteiger partial charge is 0.480 e. The number of carbonyl (C=O) groups is 1. The molecule has 2 aromatic rings. The molecule has 0 amide bonds. The lowest BCUT2D eigenvalue weighted by Crippen LogP contribution is -2.36. The maximum atomic E-state index is 11.0. The quantitative estimate of drug-likeness (QED) is 0.867. The van der Waals surface area contributed by atoms with Crippen LogP contribution in [-0.2, 0) is 11.3 Å². The first-order valence-electron chi connectivity index (χ1n) is 6.63. The summed E-state index contributed by atoms with van der Waals surface area (Å²) >= 11 is 3.43. The molecule has 1 unspecified atom stereocenters. The summed E-state index contributed by atoms with van der Waals surface area (Å²) in [5.41, 5.74) is 0.822. The van der Waals surface area contributed by atoms with Crippen molar-refractivity contribution in [2.24, 2.45) is 0 Å². The van der Waals surface area contributed by atoms with Crippen LogP contribution >= 0.6 is 15.9 Å². The van der Waals surface area contributed by atoms with Gasteiger partial charge in [0.25, 0.3) is 0 Å². The number of hydrogen-bond acceptors (Lipinski definition) is 3. The molecule has 20 heavy (non-hydrogen) atoms. The third kappa shape index (κ3) is 3.61. The molecule has 0 fully saturated rings. The Hall–Kier alpha value is -1.33. The molecule has 0 bridgehead atoms. The minimum atomic E-state index is -0.816. The minimum Gasteiger partial charge on any atom is -0.480 e. The summed E-state index contributed by atoms with van der Waals surface area (Å²) in [6.07, 6.45) is 0.902. The van der Waals surface area contributed by atoms with Crippen LogP contribution < -0.4 is 0 Å². The van der Waals surface area contributed by atoms with Crippen molar-refractivity contribution < 1.29 is 14.3 Å². The molecule has 2 rings (SSSR count). The van der Waals surface area contributed by atoms with E-state index in [1.807, 2.05) is 36.1 Å². The van der Waals surface area contributed by atoms with Crippen molar-refractivity contribution >= 4 is 32.9 Å². The summed E-state index contributed by atoms with van der Waals surface area (Å²) in [4.78, 5) is 12.9. The van der Waals surface area contributed by atoms with Crippen molar-refractivity contribution in [3.05, 3.63) is 34.5 Å². The fraction of sp³-hybridized carbons (Fsp3) is 0.400.